The Bertz CT molecular complexity index is 788. The Balaban J connectivity index is 1.42. The SMILES string of the molecule is CCN(CC1CCCO1)C(=O)NCC(c1ccccc1)N1CCc2sccc2C1. The molecule has 1 aromatic heterocycles. The number of likely N-dealkylation sites (N-methyl/N-ethyl adjacent to an activating group) is 1. The van der Waals surface area contributed by atoms with Crippen LogP contribution in [0.15, 0.2) is 41.8 Å². The van der Waals surface area contributed by atoms with Crippen LogP contribution in [0.1, 0.15) is 41.8 Å². The molecule has 2 aliphatic heterocycles. The summed E-state index contributed by atoms with van der Waals surface area (Å²) >= 11 is 1.86. The summed E-state index contributed by atoms with van der Waals surface area (Å²) in [7, 11) is 0. The van der Waals surface area contributed by atoms with Gasteiger partial charge in [0.1, 0.15) is 0 Å². The van der Waals surface area contributed by atoms with E-state index in [2.05, 4.69) is 45.9 Å². The van der Waals surface area contributed by atoms with E-state index in [-0.39, 0.29) is 18.2 Å². The molecule has 2 aromatic rings. The number of nitrogens with one attached hydrogen (secondary N) is 1. The highest BCUT2D eigenvalue weighted by atomic mass is 32.1. The van der Waals surface area contributed by atoms with Crippen molar-refractivity contribution in [3.05, 3.63) is 57.8 Å². The lowest BCUT2D eigenvalue weighted by atomic mass is 10.0. The van der Waals surface area contributed by atoms with Crippen LogP contribution in [0.3, 0.4) is 0 Å². The van der Waals surface area contributed by atoms with Gasteiger partial charge >= 0.3 is 6.03 Å². The molecular formula is C23H31N3O2S. The zero-order valence-electron chi connectivity index (χ0n) is 17.2. The van der Waals surface area contributed by atoms with Crippen molar-refractivity contribution in [1.29, 1.82) is 0 Å². The number of amides is 2. The lowest BCUT2D eigenvalue weighted by molar-refractivity contribution is 0.0819. The van der Waals surface area contributed by atoms with Gasteiger partial charge < -0.3 is 15.0 Å². The number of thiophene rings is 1. The third-order valence-electron chi connectivity index (χ3n) is 6.03. The largest absolute Gasteiger partial charge is 0.376 e. The smallest absolute Gasteiger partial charge is 0.317 e. The predicted molar refractivity (Wildman–Crippen MR) is 117 cm³/mol. The monoisotopic (exact) mass is 413 g/mol. The molecule has 2 aliphatic rings. The maximum atomic E-state index is 12.9. The van der Waals surface area contributed by atoms with Crippen LogP contribution in [0.5, 0.6) is 0 Å². The number of rotatable bonds is 7. The summed E-state index contributed by atoms with van der Waals surface area (Å²) in [5.41, 5.74) is 2.69. The molecule has 4 rings (SSSR count). The molecule has 0 spiro atoms. The van der Waals surface area contributed by atoms with Gasteiger partial charge in [-0.05, 0) is 48.8 Å². The van der Waals surface area contributed by atoms with Crippen LogP contribution in [-0.4, -0.2) is 54.7 Å². The maximum Gasteiger partial charge on any atom is 0.317 e. The molecule has 1 fully saturated rings. The highest BCUT2D eigenvalue weighted by molar-refractivity contribution is 7.10. The van der Waals surface area contributed by atoms with Crippen molar-refractivity contribution in [3.8, 4) is 0 Å². The second-order valence-corrected chi connectivity index (χ2v) is 8.88. The molecule has 6 heteroatoms. The minimum atomic E-state index is 0.0113. The third kappa shape index (κ3) is 5.00. The van der Waals surface area contributed by atoms with Crippen molar-refractivity contribution in [2.45, 2.75) is 44.9 Å². The lowest BCUT2D eigenvalue weighted by Gasteiger charge is -2.35. The molecule has 29 heavy (non-hydrogen) atoms. The summed E-state index contributed by atoms with van der Waals surface area (Å²) in [6.07, 6.45) is 3.42. The standard InChI is InChI=1S/C23H31N3O2S/c1-2-25(17-20-9-6-13-28-20)23(27)24-15-21(18-7-4-3-5-8-18)26-12-10-22-19(16-26)11-14-29-22/h3-5,7-8,11,14,20-21H,2,6,9-10,12-13,15-17H2,1H3,(H,24,27). The first-order valence-corrected chi connectivity index (χ1v) is 11.6. The predicted octanol–water partition coefficient (Wildman–Crippen LogP) is 4.06. The van der Waals surface area contributed by atoms with Crippen molar-refractivity contribution < 1.29 is 9.53 Å². The lowest BCUT2D eigenvalue weighted by Crippen LogP contribution is -2.47. The number of urea groups is 1. The average molecular weight is 414 g/mol. The number of benzene rings is 1. The number of carbonyl (C=O) groups is 1. The molecule has 0 radical (unpaired) electrons. The number of ether oxygens (including phenoxy) is 1. The van der Waals surface area contributed by atoms with Gasteiger partial charge in [0, 0.05) is 44.2 Å². The normalized spacial score (nSPS) is 20.2. The fraction of sp³-hybridized carbons (Fsp3) is 0.522. The summed E-state index contributed by atoms with van der Waals surface area (Å²) < 4.78 is 5.72. The average Bonchev–Trinajstić information content (AvgIpc) is 3.44. The van der Waals surface area contributed by atoms with Crippen LogP contribution in [0.2, 0.25) is 0 Å². The Kier molecular flexibility index (Phi) is 6.85. The fourth-order valence-corrected chi connectivity index (χ4v) is 5.24. The van der Waals surface area contributed by atoms with Gasteiger partial charge in [-0.25, -0.2) is 4.79 Å². The zero-order valence-corrected chi connectivity index (χ0v) is 18.0. The first-order chi connectivity index (χ1) is 14.2. The summed E-state index contributed by atoms with van der Waals surface area (Å²) in [5.74, 6) is 0. The second kappa shape index (κ2) is 9.74. The molecule has 2 atom stereocenters. The minimum absolute atomic E-state index is 0.0113. The van der Waals surface area contributed by atoms with Crippen LogP contribution >= 0.6 is 11.3 Å². The molecule has 5 nitrogen and oxygen atoms in total. The highest BCUT2D eigenvalue weighted by Crippen LogP contribution is 2.30. The molecule has 2 unspecified atom stereocenters. The Hall–Kier alpha value is -1.89. The van der Waals surface area contributed by atoms with Gasteiger partial charge in [0.15, 0.2) is 0 Å². The van der Waals surface area contributed by atoms with E-state index in [1.54, 1.807) is 0 Å². The molecular weight excluding hydrogens is 382 g/mol. The van der Waals surface area contributed by atoms with E-state index in [4.69, 9.17) is 4.74 Å². The van der Waals surface area contributed by atoms with E-state index in [1.165, 1.54) is 16.0 Å². The number of carbonyl (C=O) groups excluding carboxylic acids is 1. The van der Waals surface area contributed by atoms with Crippen LogP contribution in [-0.2, 0) is 17.7 Å². The van der Waals surface area contributed by atoms with Crippen LogP contribution in [0, 0.1) is 0 Å². The molecule has 0 bridgehead atoms. The Labute approximate surface area is 177 Å². The van der Waals surface area contributed by atoms with Crippen molar-refractivity contribution in [3.63, 3.8) is 0 Å². The second-order valence-electron chi connectivity index (χ2n) is 7.88. The van der Waals surface area contributed by atoms with Crippen molar-refractivity contribution in [2.75, 3.05) is 32.8 Å². The van der Waals surface area contributed by atoms with Gasteiger partial charge in [-0.2, -0.15) is 0 Å². The summed E-state index contributed by atoms with van der Waals surface area (Å²) in [4.78, 5) is 18.8. The van der Waals surface area contributed by atoms with E-state index in [1.807, 2.05) is 29.2 Å². The Morgan fingerprint density at radius 1 is 1.34 bits per heavy atom. The Morgan fingerprint density at radius 2 is 2.21 bits per heavy atom. The maximum absolute atomic E-state index is 12.9. The van der Waals surface area contributed by atoms with Gasteiger partial charge in [0.25, 0.3) is 0 Å². The van der Waals surface area contributed by atoms with Gasteiger partial charge in [-0.1, -0.05) is 30.3 Å². The fourth-order valence-electron chi connectivity index (χ4n) is 4.35. The highest BCUT2D eigenvalue weighted by Gasteiger charge is 2.27. The number of nitrogens with zero attached hydrogens (tertiary/aromatic N) is 2. The van der Waals surface area contributed by atoms with E-state index in [0.717, 1.165) is 39.0 Å². The summed E-state index contributed by atoms with van der Waals surface area (Å²) in [6, 6.07) is 13.0. The van der Waals surface area contributed by atoms with Crippen LogP contribution in [0.4, 0.5) is 4.79 Å². The summed E-state index contributed by atoms with van der Waals surface area (Å²) in [5, 5.41) is 5.41. The van der Waals surface area contributed by atoms with Crippen molar-refractivity contribution in [1.82, 2.24) is 15.1 Å². The van der Waals surface area contributed by atoms with E-state index >= 15 is 0 Å². The molecule has 3 heterocycles. The first-order valence-electron chi connectivity index (χ1n) is 10.7. The van der Waals surface area contributed by atoms with E-state index < -0.39 is 0 Å². The van der Waals surface area contributed by atoms with E-state index in [0.29, 0.717) is 19.6 Å². The van der Waals surface area contributed by atoms with Gasteiger partial charge in [-0.3, -0.25) is 4.90 Å². The molecule has 1 aromatic carbocycles. The number of hydrogen-bond donors (Lipinski definition) is 1. The van der Waals surface area contributed by atoms with Gasteiger partial charge in [0.05, 0.1) is 12.1 Å². The molecule has 0 aliphatic carbocycles. The third-order valence-corrected chi connectivity index (χ3v) is 7.05. The van der Waals surface area contributed by atoms with Gasteiger partial charge in [0.2, 0.25) is 0 Å². The molecule has 156 valence electrons. The number of hydrogen-bond acceptors (Lipinski definition) is 4. The van der Waals surface area contributed by atoms with Gasteiger partial charge in [-0.15, -0.1) is 11.3 Å². The topological polar surface area (TPSA) is 44.8 Å². The minimum Gasteiger partial charge on any atom is -0.376 e. The van der Waals surface area contributed by atoms with Crippen LogP contribution < -0.4 is 5.32 Å². The summed E-state index contributed by atoms with van der Waals surface area (Å²) in [6.45, 7) is 6.82. The quantitative estimate of drug-likeness (QED) is 0.745. The van der Waals surface area contributed by atoms with Crippen molar-refractivity contribution in [2.24, 2.45) is 0 Å². The van der Waals surface area contributed by atoms with Crippen molar-refractivity contribution >= 4 is 17.4 Å². The van der Waals surface area contributed by atoms with E-state index in [9.17, 15) is 4.79 Å². The molecule has 0 saturated carbocycles. The first kappa shape index (κ1) is 20.4. The molecule has 1 saturated heterocycles. The number of fused-ring (bicyclic) bond motifs is 1. The van der Waals surface area contributed by atoms with Crippen LogP contribution in [0.25, 0.3) is 0 Å². The zero-order chi connectivity index (χ0) is 20.1. The Morgan fingerprint density at radius 3 is 2.97 bits per heavy atom. The molecule has 2 amide bonds. The molecule has 1 N–H and O–H groups in total.